The van der Waals surface area contributed by atoms with E-state index in [2.05, 4.69) is 22.3 Å². The zero-order valence-corrected chi connectivity index (χ0v) is 12.5. The lowest BCUT2D eigenvalue weighted by atomic mass is 9.96. The highest BCUT2D eigenvalue weighted by atomic mass is 35.5. The predicted octanol–water partition coefficient (Wildman–Crippen LogP) is 3.47. The number of nitrogens with one attached hydrogen (secondary N) is 1. The van der Waals surface area contributed by atoms with Gasteiger partial charge in [0.1, 0.15) is 5.82 Å². The lowest BCUT2D eigenvalue weighted by Crippen LogP contribution is -2.45. The van der Waals surface area contributed by atoms with Crippen LogP contribution in [-0.4, -0.2) is 31.1 Å². The summed E-state index contributed by atoms with van der Waals surface area (Å²) in [6.07, 6.45) is 0. The first-order valence-electron chi connectivity index (χ1n) is 7.20. The average molecular weight is 305 g/mol. The number of nitrogens with zero attached hydrogens (tertiary/aromatic N) is 1. The minimum atomic E-state index is -0.295. The van der Waals surface area contributed by atoms with Gasteiger partial charge in [0.2, 0.25) is 0 Å². The molecule has 0 spiro atoms. The minimum absolute atomic E-state index is 0.0707. The standard InChI is InChI=1S/C17H18ClFN2/c18-16-12-14(19)6-7-15(16)17(13-4-2-1-3-5-13)21-10-8-20-9-11-21/h1-7,12,17,20H,8-11H2. The van der Waals surface area contributed by atoms with Gasteiger partial charge in [-0.05, 0) is 23.3 Å². The lowest BCUT2D eigenvalue weighted by molar-refractivity contribution is 0.198. The van der Waals surface area contributed by atoms with Crippen molar-refractivity contribution in [2.24, 2.45) is 0 Å². The summed E-state index contributed by atoms with van der Waals surface area (Å²) >= 11 is 6.31. The van der Waals surface area contributed by atoms with Gasteiger partial charge >= 0.3 is 0 Å². The van der Waals surface area contributed by atoms with Gasteiger partial charge in [0.25, 0.3) is 0 Å². The van der Waals surface area contributed by atoms with Gasteiger partial charge in [-0.1, -0.05) is 48.0 Å². The highest BCUT2D eigenvalue weighted by molar-refractivity contribution is 6.31. The van der Waals surface area contributed by atoms with Gasteiger partial charge in [-0.15, -0.1) is 0 Å². The Morgan fingerprint density at radius 1 is 1.05 bits per heavy atom. The van der Waals surface area contributed by atoms with Crippen molar-refractivity contribution >= 4 is 11.6 Å². The summed E-state index contributed by atoms with van der Waals surface area (Å²) in [5.41, 5.74) is 2.15. The molecule has 2 aromatic rings. The zero-order chi connectivity index (χ0) is 14.7. The quantitative estimate of drug-likeness (QED) is 0.934. The Balaban J connectivity index is 2.02. The Hall–Kier alpha value is -1.42. The molecule has 2 aromatic carbocycles. The number of rotatable bonds is 3. The Morgan fingerprint density at radius 3 is 2.43 bits per heavy atom. The van der Waals surface area contributed by atoms with E-state index in [1.165, 1.54) is 17.7 Å². The Kier molecular flexibility index (Phi) is 4.54. The summed E-state index contributed by atoms with van der Waals surface area (Å²) < 4.78 is 13.3. The second-order valence-corrected chi connectivity index (χ2v) is 5.67. The Bertz CT molecular complexity index is 597. The van der Waals surface area contributed by atoms with Gasteiger partial charge < -0.3 is 5.32 Å². The monoisotopic (exact) mass is 304 g/mol. The maximum atomic E-state index is 13.3. The van der Waals surface area contributed by atoms with Gasteiger partial charge in [0, 0.05) is 31.2 Å². The molecule has 1 fully saturated rings. The molecule has 4 heteroatoms. The molecule has 2 nitrogen and oxygen atoms in total. The number of benzene rings is 2. The van der Waals surface area contributed by atoms with Gasteiger partial charge in [0.15, 0.2) is 0 Å². The first-order valence-corrected chi connectivity index (χ1v) is 7.58. The van der Waals surface area contributed by atoms with Crippen molar-refractivity contribution in [3.8, 4) is 0 Å². The normalized spacial score (nSPS) is 17.6. The molecule has 1 heterocycles. The van der Waals surface area contributed by atoms with Crippen molar-refractivity contribution in [3.63, 3.8) is 0 Å². The Morgan fingerprint density at radius 2 is 1.76 bits per heavy atom. The van der Waals surface area contributed by atoms with Crippen molar-refractivity contribution in [1.82, 2.24) is 10.2 Å². The number of halogens is 2. The van der Waals surface area contributed by atoms with Crippen LogP contribution in [0.1, 0.15) is 17.2 Å². The van der Waals surface area contributed by atoms with Crippen LogP contribution in [0.15, 0.2) is 48.5 Å². The lowest BCUT2D eigenvalue weighted by Gasteiger charge is -2.36. The molecule has 110 valence electrons. The third-order valence-corrected chi connectivity index (χ3v) is 4.22. The molecule has 1 aliphatic rings. The van der Waals surface area contributed by atoms with Crippen LogP contribution in [0.2, 0.25) is 5.02 Å². The summed E-state index contributed by atoms with van der Waals surface area (Å²) in [6.45, 7) is 3.82. The molecule has 1 N–H and O–H groups in total. The molecule has 1 aliphatic heterocycles. The van der Waals surface area contributed by atoms with Crippen molar-refractivity contribution < 1.29 is 4.39 Å². The third kappa shape index (κ3) is 3.26. The molecule has 0 bridgehead atoms. The van der Waals surface area contributed by atoms with E-state index < -0.39 is 0 Å². The topological polar surface area (TPSA) is 15.3 Å². The smallest absolute Gasteiger partial charge is 0.124 e. The summed E-state index contributed by atoms with van der Waals surface area (Å²) in [5.74, 6) is -0.295. The van der Waals surface area contributed by atoms with Gasteiger partial charge in [-0.2, -0.15) is 0 Å². The summed E-state index contributed by atoms with van der Waals surface area (Å²) in [6, 6.07) is 15.0. The molecule has 0 aliphatic carbocycles. The van der Waals surface area contributed by atoms with E-state index in [9.17, 15) is 4.39 Å². The minimum Gasteiger partial charge on any atom is -0.314 e. The molecular weight excluding hydrogens is 287 g/mol. The number of piperazine rings is 1. The number of hydrogen-bond acceptors (Lipinski definition) is 2. The SMILES string of the molecule is Fc1ccc(C(c2ccccc2)N2CCNCC2)c(Cl)c1. The maximum Gasteiger partial charge on any atom is 0.124 e. The second kappa shape index (κ2) is 6.56. The molecular formula is C17H18ClFN2. The molecule has 0 saturated carbocycles. The predicted molar refractivity (Wildman–Crippen MR) is 84.1 cm³/mol. The van der Waals surface area contributed by atoms with Gasteiger partial charge in [-0.25, -0.2) is 4.39 Å². The van der Waals surface area contributed by atoms with E-state index in [1.807, 2.05) is 18.2 Å². The van der Waals surface area contributed by atoms with Crippen LogP contribution in [0.25, 0.3) is 0 Å². The fourth-order valence-corrected chi connectivity index (χ4v) is 3.16. The van der Waals surface area contributed by atoms with Crippen LogP contribution in [0.3, 0.4) is 0 Å². The van der Waals surface area contributed by atoms with Crippen molar-refractivity contribution in [2.45, 2.75) is 6.04 Å². The molecule has 1 unspecified atom stereocenters. The van der Waals surface area contributed by atoms with Crippen LogP contribution in [0.5, 0.6) is 0 Å². The summed E-state index contributed by atoms with van der Waals surface area (Å²) in [5, 5.41) is 3.85. The van der Waals surface area contributed by atoms with Gasteiger partial charge in [-0.3, -0.25) is 4.90 Å². The Labute approximate surface area is 129 Å². The van der Waals surface area contributed by atoms with E-state index in [1.54, 1.807) is 6.07 Å². The largest absolute Gasteiger partial charge is 0.314 e. The van der Waals surface area contributed by atoms with E-state index >= 15 is 0 Å². The van der Waals surface area contributed by atoms with Crippen LogP contribution in [-0.2, 0) is 0 Å². The van der Waals surface area contributed by atoms with Crippen molar-refractivity contribution in [1.29, 1.82) is 0 Å². The molecule has 1 saturated heterocycles. The van der Waals surface area contributed by atoms with Crippen LogP contribution in [0.4, 0.5) is 4.39 Å². The fraction of sp³-hybridized carbons (Fsp3) is 0.294. The first-order chi connectivity index (χ1) is 10.3. The fourth-order valence-electron chi connectivity index (χ4n) is 2.89. The molecule has 21 heavy (non-hydrogen) atoms. The van der Waals surface area contributed by atoms with Crippen molar-refractivity contribution in [2.75, 3.05) is 26.2 Å². The van der Waals surface area contributed by atoms with Crippen LogP contribution >= 0.6 is 11.6 Å². The van der Waals surface area contributed by atoms with Gasteiger partial charge in [0.05, 0.1) is 6.04 Å². The molecule has 1 atom stereocenters. The number of hydrogen-bond donors (Lipinski definition) is 1. The van der Waals surface area contributed by atoms with E-state index in [4.69, 9.17) is 11.6 Å². The van der Waals surface area contributed by atoms with Crippen molar-refractivity contribution in [3.05, 3.63) is 70.5 Å². The third-order valence-electron chi connectivity index (χ3n) is 3.89. The summed E-state index contributed by atoms with van der Waals surface area (Å²) in [4.78, 5) is 2.39. The first kappa shape index (κ1) is 14.5. The summed E-state index contributed by atoms with van der Waals surface area (Å²) in [7, 11) is 0. The molecule has 0 aromatic heterocycles. The molecule has 0 amide bonds. The van der Waals surface area contributed by atoms with Crippen LogP contribution < -0.4 is 5.32 Å². The molecule has 0 radical (unpaired) electrons. The zero-order valence-electron chi connectivity index (χ0n) is 11.7. The van der Waals surface area contributed by atoms with E-state index in [0.717, 1.165) is 31.7 Å². The highest BCUT2D eigenvalue weighted by Gasteiger charge is 2.25. The van der Waals surface area contributed by atoms with E-state index in [0.29, 0.717) is 5.02 Å². The maximum absolute atomic E-state index is 13.3. The second-order valence-electron chi connectivity index (χ2n) is 5.27. The highest BCUT2D eigenvalue weighted by Crippen LogP contribution is 2.33. The van der Waals surface area contributed by atoms with E-state index in [-0.39, 0.29) is 11.9 Å². The molecule has 3 rings (SSSR count). The average Bonchev–Trinajstić information content (AvgIpc) is 2.52. The van der Waals surface area contributed by atoms with Crippen LogP contribution in [0, 0.1) is 5.82 Å².